The van der Waals surface area contributed by atoms with Crippen LogP contribution in [0.3, 0.4) is 0 Å². The molecule has 0 saturated heterocycles. The fourth-order valence-electron chi connectivity index (χ4n) is 2.85. The van der Waals surface area contributed by atoms with Crippen LogP contribution in [-0.2, 0) is 4.79 Å². The number of ether oxygens (including phenoxy) is 1. The Labute approximate surface area is 175 Å². The van der Waals surface area contributed by atoms with Gasteiger partial charge in [0.2, 0.25) is 0 Å². The summed E-state index contributed by atoms with van der Waals surface area (Å²) in [5, 5.41) is 19.0. The number of aliphatic carboxylic acids is 1. The average molecular weight is 431 g/mol. The fraction of sp³-hybridized carbons (Fsp3) is 0.0952. The molecule has 146 valence electrons. The number of carbonyl (C=O) groups is 1. The van der Waals surface area contributed by atoms with E-state index in [2.05, 4.69) is 11.1 Å². The number of aromatic nitrogens is 1. The average Bonchev–Trinajstić information content (AvgIpc) is 2.68. The summed E-state index contributed by atoms with van der Waals surface area (Å²) in [6.07, 6.45) is 2.99. The molecule has 3 rings (SSSR count). The second-order valence-electron chi connectivity index (χ2n) is 6.07. The predicted octanol–water partition coefficient (Wildman–Crippen LogP) is 5.79. The predicted molar refractivity (Wildman–Crippen MR) is 109 cm³/mol. The van der Waals surface area contributed by atoms with Gasteiger partial charge in [0.25, 0.3) is 0 Å². The summed E-state index contributed by atoms with van der Waals surface area (Å²) >= 11 is 12.2. The molecule has 0 amide bonds. The number of fused-ring (bicyclic) bond motifs is 1. The first-order valence-corrected chi connectivity index (χ1v) is 9.11. The largest absolute Gasteiger partial charge is 0.486 e. The van der Waals surface area contributed by atoms with Crippen molar-refractivity contribution < 1.29 is 19.0 Å². The SMILES string of the molecule is C[C@H](Oc1ccc2ncc(/C=C/C(=O)O)c(C#N)c2c1)c1c(Cl)ccc(F)c1Cl. The quantitative estimate of drug-likeness (QED) is 0.408. The van der Waals surface area contributed by atoms with Crippen LogP contribution < -0.4 is 4.74 Å². The lowest BCUT2D eigenvalue weighted by molar-refractivity contribution is -0.131. The Bertz CT molecular complexity index is 1190. The number of nitrogens with zero attached hydrogens (tertiary/aromatic N) is 2. The van der Waals surface area contributed by atoms with Crippen molar-refractivity contribution in [1.82, 2.24) is 4.98 Å². The summed E-state index contributed by atoms with van der Waals surface area (Å²) in [6, 6.07) is 9.57. The van der Waals surface area contributed by atoms with Crippen molar-refractivity contribution in [1.29, 1.82) is 5.26 Å². The van der Waals surface area contributed by atoms with E-state index in [1.54, 1.807) is 25.1 Å². The highest BCUT2D eigenvalue weighted by molar-refractivity contribution is 6.36. The molecule has 5 nitrogen and oxygen atoms in total. The van der Waals surface area contributed by atoms with Gasteiger partial charge in [0, 0.05) is 33.8 Å². The van der Waals surface area contributed by atoms with Crippen LogP contribution in [0.15, 0.2) is 42.6 Å². The lowest BCUT2D eigenvalue weighted by atomic mass is 10.0. The molecular formula is C21H13Cl2FN2O3. The van der Waals surface area contributed by atoms with Gasteiger partial charge in [0.1, 0.15) is 23.7 Å². The first-order valence-electron chi connectivity index (χ1n) is 8.35. The number of pyridine rings is 1. The Hall–Kier alpha value is -3.14. The molecule has 0 spiro atoms. The molecule has 3 aromatic rings. The van der Waals surface area contributed by atoms with Crippen LogP contribution in [0.5, 0.6) is 5.75 Å². The van der Waals surface area contributed by atoms with E-state index in [0.29, 0.717) is 27.8 Å². The number of hydrogen-bond acceptors (Lipinski definition) is 4. The third-order valence-corrected chi connectivity index (χ3v) is 4.90. The number of halogens is 3. The lowest BCUT2D eigenvalue weighted by Gasteiger charge is -2.18. The minimum absolute atomic E-state index is 0.119. The van der Waals surface area contributed by atoms with Gasteiger partial charge in [-0.15, -0.1) is 0 Å². The van der Waals surface area contributed by atoms with Crippen LogP contribution in [0.2, 0.25) is 10.0 Å². The van der Waals surface area contributed by atoms with Crippen LogP contribution in [0.1, 0.15) is 29.7 Å². The Balaban J connectivity index is 2.02. The summed E-state index contributed by atoms with van der Waals surface area (Å²) in [5.41, 5.74) is 1.47. The fourth-order valence-corrected chi connectivity index (χ4v) is 3.53. The van der Waals surface area contributed by atoms with Crippen molar-refractivity contribution in [2.75, 3.05) is 0 Å². The van der Waals surface area contributed by atoms with Gasteiger partial charge in [0.05, 0.1) is 16.1 Å². The molecule has 2 aromatic carbocycles. The van der Waals surface area contributed by atoms with E-state index in [0.717, 1.165) is 6.08 Å². The molecule has 0 aliphatic carbocycles. The van der Waals surface area contributed by atoms with Crippen molar-refractivity contribution in [3.63, 3.8) is 0 Å². The van der Waals surface area contributed by atoms with Crippen LogP contribution in [0, 0.1) is 17.1 Å². The highest BCUT2D eigenvalue weighted by atomic mass is 35.5. The van der Waals surface area contributed by atoms with E-state index in [1.165, 1.54) is 24.4 Å². The van der Waals surface area contributed by atoms with Crippen LogP contribution >= 0.6 is 23.2 Å². The normalized spacial score (nSPS) is 12.1. The topological polar surface area (TPSA) is 83.2 Å². The van der Waals surface area contributed by atoms with Gasteiger partial charge in [-0.1, -0.05) is 23.2 Å². The van der Waals surface area contributed by atoms with Crippen molar-refractivity contribution in [3.8, 4) is 11.8 Å². The molecule has 0 bridgehead atoms. The highest BCUT2D eigenvalue weighted by Gasteiger charge is 2.19. The van der Waals surface area contributed by atoms with Crippen molar-refractivity contribution in [3.05, 3.63) is 75.2 Å². The molecule has 0 unspecified atom stereocenters. The second-order valence-corrected chi connectivity index (χ2v) is 6.85. The minimum atomic E-state index is -1.14. The maximum atomic E-state index is 13.8. The van der Waals surface area contributed by atoms with E-state index < -0.39 is 17.9 Å². The second kappa shape index (κ2) is 8.48. The Kier molecular flexibility index (Phi) is 6.02. The van der Waals surface area contributed by atoms with E-state index in [1.807, 2.05) is 0 Å². The summed E-state index contributed by atoms with van der Waals surface area (Å²) in [4.78, 5) is 15.0. The third-order valence-electron chi connectivity index (χ3n) is 4.18. The standard InChI is InChI=1S/C21H13Cl2FN2O3/c1-11(20-16(22)4-5-17(24)21(20)23)29-13-3-6-18-14(8-13)15(9-25)12(10-26-18)2-7-19(27)28/h2-8,10-11H,1H3,(H,27,28)/b7-2+/t11-/m0/s1. The molecule has 0 fully saturated rings. The number of nitriles is 1. The number of carboxylic acids is 1. The molecule has 0 aliphatic rings. The van der Waals surface area contributed by atoms with Crippen LogP contribution in [-0.4, -0.2) is 16.1 Å². The van der Waals surface area contributed by atoms with Gasteiger partial charge in [-0.25, -0.2) is 9.18 Å². The van der Waals surface area contributed by atoms with Gasteiger partial charge in [-0.05, 0) is 43.3 Å². The zero-order chi connectivity index (χ0) is 21.1. The molecular weight excluding hydrogens is 418 g/mol. The van der Waals surface area contributed by atoms with Gasteiger partial charge < -0.3 is 9.84 Å². The van der Waals surface area contributed by atoms with E-state index in [-0.39, 0.29) is 15.6 Å². The Morgan fingerprint density at radius 2 is 2.10 bits per heavy atom. The summed E-state index contributed by atoms with van der Waals surface area (Å²) in [5.74, 6) is -1.35. The Morgan fingerprint density at radius 3 is 2.79 bits per heavy atom. The third kappa shape index (κ3) is 4.32. The van der Waals surface area contributed by atoms with Crippen LogP contribution in [0.25, 0.3) is 17.0 Å². The number of rotatable bonds is 5. The van der Waals surface area contributed by atoms with Crippen molar-refractivity contribution >= 4 is 46.2 Å². The molecule has 1 atom stereocenters. The zero-order valence-electron chi connectivity index (χ0n) is 15.0. The zero-order valence-corrected chi connectivity index (χ0v) is 16.5. The van der Waals surface area contributed by atoms with Crippen molar-refractivity contribution in [2.45, 2.75) is 13.0 Å². The smallest absolute Gasteiger partial charge is 0.328 e. The molecule has 0 saturated carbocycles. The highest BCUT2D eigenvalue weighted by Crippen LogP contribution is 2.35. The van der Waals surface area contributed by atoms with Crippen molar-refractivity contribution in [2.24, 2.45) is 0 Å². The maximum absolute atomic E-state index is 13.8. The molecule has 1 aromatic heterocycles. The van der Waals surface area contributed by atoms with E-state index >= 15 is 0 Å². The van der Waals surface area contributed by atoms with Gasteiger partial charge >= 0.3 is 5.97 Å². The van der Waals surface area contributed by atoms with Gasteiger partial charge in [0.15, 0.2) is 0 Å². The van der Waals surface area contributed by atoms with Crippen LogP contribution in [0.4, 0.5) is 4.39 Å². The molecule has 0 aliphatic heterocycles. The first kappa shape index (κ1) is 20.6. The molecule has 1 N–H and O–H groups in total. The number of carboxylic acid groups (broad SMARTS) is 1. The summed E-state index contributed by atoms with van der Waals surface area (Å²) in [6.45, 7) is 1.67. The molecule has 1 heterocycles. The number of hydrogen-bond donors (Lipinski definition) is 1. The van der Waals surface area contributed by atoms with Gasteiger partial charge in [-0.2, -0.15) is 5.26 Å². The maximum Gasteiger partial charge on any atom is 0.328 e. The first-order chi connectivity index (χ1) is 13.8. The number of benzene rings is 2. The lowest BCUT2D eigenvalue weighted by Crippen LogP contribution is -2.06. The van der Waals surface area contributed by atoms with E-state index in [4.69, 9.17) is 33.0 Å². The van der Waals surface area contributed by atoms with Gasteiger partial charge in [-0.3, -0.25) is 4.98 Å². The molecule has 29 heavy (non-hydrogen) atoms. The Morgan fingerprint density at radius 1 is 1.34 bits per heavy atom. The summed E-state index contributed by atoms with van der Waals surface area (Å²) in [7, 11) is 0. The van der Waals surface area contributed by atoms with E-state index in [9.17, 15) is 14.4 Å². The monoisotopic (exact) mass is 430 g/mol. The summed E-state index contributed by atoms with van der Waals surface area (Å²) < 4.78 is 19.7. The minimum Gasteiger partial charge on any atom is -0.486 e. The molecule has 8 heteroatoms. The molecule has 0 radical (unpaired) electrons.